The van der Waals surface area contributed by atoms with Gasteiger partial charge in [-0.2, -0.15) is 0 Å². The number of sulfone groups is 1. The van der Waals surface area contributed by atoms with E-state index >= 15 is 0 Å². The summed E-state index contributed by atoms with van der Waals surface area (Å²) in [5.41, 5.74) is 1.78. The monoisotopic (exact) mass is 524 g/mol. The second-order valence-electron chi connectivity index (χ2n) is 7.68. The lowest BCUT2D eigenvalue weighted by Gasteiger charge is -2.05. The van der Waals surface area contributed by atoms with Crippen LogP contribution in [0.4, 0.5) is 5.13 Å². The van der Waals surface area contributed by atoms with Crippen LogP contribution in [0.25, 0.3) is 11.3 Å². The number of halogens is 1. The summed E-state index contributed by atoms with van der Waals surface area (Å²) < 4.78 is 25.0. The van der Waals surface area contributed by atoms with Crippen LogP contribution in [0.2, 0.25) is 5.02 Å². The summed E-state index contributed by atoms with van der Waals surface area (Å²) in [4.78, 5) is 30.8. The maximum atomic E-state index is 13.2. The minimum Gasteiger partial charge on any atom is -0.302 e. The first kappa shape index (κ1) is 24.8. The van der Waals surface area contributed by atoms with Gasteiger partial charge in [-0.3, -0.25) is 9.59 Å². The number of benzene rings is 3. The van der Waals surface area contributed by atoms with Crippen molar-refractivity contribution in [3.63, 3.8) is 0 Å². The maximum absolute atomic E-state index is 13.2. The molecule has 0 bridgehead atoms. The fraction of sp³-hybridized carbons (Fsp3) is 0.115. The van der Waals surface area contributed by atoms with E-state index in [-0.39, 0.29) is 40.3 Å². The minimum absolute atomic E-state index is 0.00493. The number of hydrogen-bond donors (Lipinski definition) is 1. The van der Waals surface area contributed by atoms with Gasteiger partial charge in [0, 0.05) is 22.6 Å². The van der Waals surface area contributed by atoms with Crippen LogP contribution >= 0.6 is 22.9 Å². The fourth-order valence-electron chi connectivity index (χ4n) is 3.40. The Morgan fingerprint density at radius 1 is 0.886 bits per heavy atom. The lowest BCUT2D eigenvalue weighted by atomic mass is 10.1. The lowest BCUT2D eigenvalue weighted by molar-refractivity contribution is -0.116. The van der Waals surface area contributed by atoms with Crippen molar-refractivity contribution in [1.29, 1.82) is 0 Å². The van der Waals surface area contributed by atoms with Gasteiger partial charge in [0.15, 0.2) is 15.0 Å². The van der Waals surface area contributed by atoms with Crippen LogP contribution in [0.15, 0.2) is 89.8 Å². The predicted octanol–water partition coefficient (Wildman–Crippen LogP) is 5.89. The maximum Gasteiger partial charge on any atom is 0.226 e. The molecular formula is C26H21ClN2O4S2. The van der Waals surface area contributed by atoms with Crippen molar-refractivity contribution in [3.05, 3.63) is 100 Å². The molecule has 1 aromatic heterocycles. The van der Waals surface area contributed by atoms with Gasteiger partial charge in [-0.15, -0.1) is 0 Å². The fourth-order valence-corrected chi connectivity index (χ4v) is 5.81. The highest BCUT2D eigenvalue weighted by molar-refractivity contribution is 7.91. The summed E-state index contributed by atoms with van der Waals surface area (Å²) in [7, 11) is -3.52. The van der Waals surface area contributed by atoms with Gasteiger partial charge in [0.25, 0.3) is 0 Å². The van der Waals surface area contributed by atoms with E-state index in [1.807, 2.05) is 36.4 Å². The summed E-state index contributed by atoms with van der Waals surface area (Å²) >= 11 is 6.92. The van der Waals surface area contributed by atoms with Crippen LogP contribution in [0.1, 0.15) is 28.1 Å². The van der Waals surface area contributed by atoms with Crippen LogP contribution in [0, 0.1) is 0 Å². The molecular weight excluding hydrogens is 504 g/mol. The van der Waals surface area contributed by atoms with Crippen molar-refractivity contribution in [2.75, 3.05) is 11.1 Å². The first-order chi connectivity index (χ1) is 16.8. The molecule has 35 heavy (non-hydrogen) atoms. The van der Waals surface area contributed by atoms with E-state index in [2.05, 4.69) is 10.3 Å². The van der Waals surface area contributed by atoms with Crippen molar-refractivity contribution in [2.45, 2.75) is 17.7 Å². The minimum atomic E-state index is -3.52. The average molecular weight is 525 g/mol. The predicted molar refractivity (Wildman–Crippen MR) is 139 cm³/mol. The van der Waals surface area contributed by atoms with Crippen molar-refractivity contribution < 1.29 is 18.0 Å². The van der Waals surface area contributed by atoms with Gasteiger partial charge in [0.1, 0.15) is 4.88 Å². The van der Waals surface area contributed by atoms with Crippen LogP contribution in [-0.2, 0) is 14.6 Å². The highest BCUT2D eigenvalue weighted by atomic mass is 35.5. The topological polar surface area (TPSA) is 93.2 Å². The smallest absolute Gasteiger partial charge is 0.226 e. The van der Waals surface area contributed by atoms with Crippen molar-refractivity contribution in [1.82, 2.24) is 4.98 Å². The Hall–Kier alpha value is -3.33. The molecule has 0 saturated carbocycles. The van der Waals surface area contributed by atoms with Gasteiger partial charge in [-0.05, 0) is 30.7 Å². The summed E-state index contributed by atoms with van der Waals surface area (Å²) in [5.74, 6) is -0.729. The number of aromatic nitrogens is 1. The molecule has 1 N–H and O–H groups in total. The standard InChI is InChI=1S/C26H21ClN2O4S2/c27-20-13-15-21(16-14-20)35(32,33)17-7-12-22(30)28-26-29-23(18-8-3-1-4-9-18)25(34-26)24(31)19-10-5-2-6-11-19/h1-6,8-11,13-16H,7,12,17H2,(H,28,29,30). The molecule has 0 atom stereocenters. The number of carbonyl (C=O) groups excluding carboxylic acids is 2. The first-order valence-corrected chi connectivity index (χ1v) is 13.6. The Bertz CT molecular complexity index is 1440. The zero-order valence-corrected chi connectivity index (χ0v) is 20.9. The largest absolute Gasteiger partial charge is 0.302 e. The van der Waals surface area contributed by atoms with Crippen LogP contribution in [-0.4, -0.2) is 30.8 Å². The third kappa shape index (κ3) is 6.22. The van der Waals surface area contributed by atoms with Crippen molar-refractivity contribution >= 4 is 49.6 Å². The number of amides is 1. The molecule has 0 aliphatic rings. The molecule has 1 amide bonds. The van der Waals surface area contributed by atoms with E-state index in [4.69, 9.17) is 11.6 Å². The van der Waals surface area contributed by atoms with Crippen molar-refractivity contribution in [2.24, 2.45) is 0 Å². The van der Waals surface area contributed by atoms with E-state index in [1.54, 1.807) is 24.3 Å². The summed E-state index contributed by atoms with van der Waals surface area (Å²) in [6.07, 6.45) is 0.137. The van der Waals surface area contributed by atoms with Crippen LogP contribution in [0.5, 0.6) is 0 Å². The molecule has 3 aromatic carbocycles. The number of anilines is 1. The molecule has 6 nitrogen and oxygen atoms in total. The third-order valence-electron chi connectivity index (χ3n) is 5.15. The quantitative estimate of drug-likeness (QED) is 0.276. The number of carbonyl (C=O) groups is 2. The number of rotatable bonds is 9. The lowest BCUT2D eigenvalue weighted by Crippen LogP contribution is -2.14. The Kier molecular flexibility index (Phi) is 7.75. The van der Waals surface area contributed by atoms with Gasteiger partial charge in [-0.25, -0.2) is 13.4 Å². The highest BCUT2D eigenvalue weighted by Crippen LogP contribution is 2.33. The molecule has 178 valence electrons. The van der Waals surface area contributed by atoms with E-state index in [0.717, 1.165) is 16.9 Å². The average Bonchev–Trinajstić information content (AvgIpc) is 3.28. The Balaban J connectivity index is 1.47. The number of nitrogens with one attached hydrogen (secondary N) is 1. The molecule has 4 aromatic rings. The molecule has 0 spiro atoms. The summed E-state index contributed by atoms with van der Waals surface area (Å²) in [6.45, 7) is 0. The van der Waals surface area contributed by atoms with Gasteiger partial charge in [-0.1, -0.05) is 83.6 Å². The number of thiazole rings is 1. The van der Waals surface area contributed by atoms with E-state index < -0.39 is 9.84 Å². The van der Waals surface area contributed by atoms with Gasteiger partial charge >= 0.3 is 0 Å². The first-order valence-electron chi connectivity index (χ1n) is 10.8. The molecule has 0 aliphatic carbocycles. The molecule has 0 fully saturated rings. The third-order valence-corrected chi connectivity index (χ3v) is 8.19. The second-order valence-corrected chi connectivity index (χ2v) is 11.2. The van der Waals surface area contributed by atoms with E-state index in [0.29, 0.717) is 21.2 Å². The number of ketones is 1. The zero-order chi connectivity index (χ0) is 24.8. The molecule has 0 saturated heterocycles. The SMILES string of the molecule is O=C(CCCS(=O)(=O)c1ccc(Cl)cc1)Nc1nc(-c2ccccc2)c(C(=O)c2ccccc2)s1. The van der Waals surface area contributed by atoms with Gasteiger partial charge in [0.05, 0.1) is 16.3 Å². The normalized spacial score (nSPS) is 11.2. The molecule has 0 unspecified atom stereocenters. The molecule has 4 rings (SSSR count). The molecule has 0 aliphatic heterocycles. The number of hydrogen-bond acceptors (Lipinski definition) is 6. The van der Waals surface area contributed by atoms with Gasteiger partial charge < -0.3 is 5.32 Å². The summed E-state index contributed by atoms with van der Waals surface area (Å²) in [5, 5.41) is 3.45. The zero-order valence-electron chi connectivity index (χ0n) is 18.5. The highest BCUT2D eigenvalue weighted by Gasteiger charge is 2.22. The van der Waals surface area contributed by atoms with Crippen molar-refractivity contribution in [3.8, 4) is 11.3 Å². The molecule has 0 radical (unpaired) electrons. The van der Waals surface area contributed by atoms with Gasteiger partial charge in [0.2, 0.25) is 11.7 Å². The van der Waals surface area contributed by atoms with E-state index in [9.17, 15) is 18.0 Å². The number of nitrogens with zero attached hydrogens (tertiary/aromatic N) is 1. The molecule has 1 heterocycles. The summed E-state index contributed by atoms with van der Waals surface area (Å²) in [6, 6.07) is 24.1. The van der Waals surface area contributed by atoms with Crippen LogP contribution < -0.4 is 5.32 Å². The Morgan fingerprint density at radius 2 is 1.51 bits per heavy atom. The molecule has 9 heteroatoms. The Labute approximate surface area is 212 Å². The second kappa shape index (κ2) is 10.9. The van der Waals surface area contributed by atoms with Crippen LogP contribution in [0.3, 0.4) is 0 Å². The Morgan fingerprint density at radius 3 is 2.17 bits per heavy atom. The van der Waals surface area contributed by atoms with E-state index in [1.165, 1.54) is 24.3 Å².